The predicted octanol–water partition coefficient (Wildman–Crippen LogP) is 0.938. The van der Waals surface area contributed by atoms with Crippen molar-refractivity contribution in [1.29, 1.82) is 0 Å². The third-order valence-electron chi connectivity index (χ3n) is 0.918. The Labute approximate surface area is 64.3 Å². The molecule has 0 aromatic carbocycles. The number of rotatable bonds is 4. The summed E-state index contributed by atoms with van der Waals surface area (Å²) in [6.07, 6.45) is 2.70. The Kier molecular flexibility index (Phi) is 3.59. The Hall–Kier alpha value is -1.64. The summed E-state index contributed by atoms with van der Waals surface area (Å²) in [6, 6.07) is 0. The minimum absolute atomic E-state index is 0.516. The third-order valence-corrected chi connectivity index (χ3v) is 0.918. The van der Waals surface area contributed by atoms with E-state index in [0.717, 1.165) is 18.2 Å². The van der Waals surface area contributed by atoms with Gasteiger partial charge in [0.2, 0.25) is 5.78 Å². The number of carbonyl (C=O) groups excluding carboxylic acids is 2. The van der Waals surface area contributed by atoms with Gasteiger partial charge >= 0.3 is 0 Å². The molecule has 0 unspecified atom stereocenters. The molecule has 0 aliphatic carbocycles. The highest BCUT2D eigenvalue weighted by molar-refractivity contribution is 6.08. The first kappa shape index (κ1) is 9.36. The molecule has 0 amide bonds. The maximum atomic E-state index is 10.5. The zero-order valence-electron chi connectivity index (χ0n) is 5.91. The molecule has 0 saturated heterocycles. The van der Waals surface area contributed by atoms with Crippen LogP contribution in [0.3, 0.4) is 0 Å². The van der Waals surface area contributed by atoms with E-state index in [2.05, 4.69) is 13.2 Å². The van der Waals surface area contributed by atoms with Crippen LogP contribution in [0.25, 0.3) is 0 Å². The van der Waals surface area contributed by atoms with E-state index in [1.54, 1.807) is 0 Å². The van der Waals surface area contributed by atoms with Gasteiger partial charge in [0.15, 0.2) is 11.5 Å². The molecule has 58 valence electrons. The summed E-state index contributed by atoms with van der Waals surface area (Å²) < 4.78 is 0. The molecule has 0 fully saturated rings. The average molecular weight is 152 g/mol. The topological polar surface area (TPSA) is 54.4 Å². The molecule has 0 saturated carbocycles. The van der Waals surface area contributed by atoms with Gasteiger partial charge in [-0.25, -0.2) is 0 Å². The van der Waals surface area contributed by atoms with E-state index in [9.17, 15) is 9.59 Å². The van der Waals surface area contributed by atoms with Crippen molar-refractivity contribution in [2.45, 2.75) is 0 Å². The average Bonchev–Trinajstić information content (AvgIpc) is 2.02. The molecule has 0 aromatic rings. The molecule has 0 rings (SSSR count). The zero-order chi connectivity index (χ0) is 8.85. The molecule has 1 N–H and O–H groups in total. The number of hydrogen-bond donors (Lipinski definition) is 1. The van der Waals surface area contributed by atoms with Gasteiger partial charge in [0.1, 0.15) is 0 Å². The van der Waals surface area contributed by atoms with Gasteiger partial charge in [-0.3, -0.25) is 9.59 Å². The molecule has 0 bridgehead atoms. The van der Waals surface area contributed by atoms with Crippen LogP contribution in [0.15, 0.2) is 37.1 Å². The summed E-state index contributed by atoms with van der Waals surface area (Å²) in [4.78, 5) is 21.0. The number of ketones is 2. The minimum Gasteiger partial charge on any atom is -0.504 e. The van der Waals surface area contributed by atoms with Crippen LogP contribution >= 0.6 is 0 Å². The number of aliphatic hydroxyl groups excluding tert-OH is 1. The SMILES string of the molecule is C=CC(=O)/C=C(\O)C(=O)C=C. The molecule has 0 aromatic heterocycles. The lowest BCUT2D eigenvalue weighted by Crippen LogP contribution is -1.99. The lowest BCUT2D eigenvalue weighted by atomic mass is 10.2. The van der Waals surface area contributed by atoms with Crippen molar-refractivity contribution in [2.75, 3.05) is 0 Å². The van der Waals surface area contributed by atoms with Crippen LogP contribution in [0.2, 0.25) is 0 Å². The molecule has 3 nitrogen and oxygen atoms in total. The Bertz CT molecular complexity index is 236. The van der Waals surface area contributed by atoms with Crippen molar-refractivity contribution < 1.29 is 14.7 Å². The standard InChI is InChI=1S/C8H8O3/c1-3-6(9)5-8(11)7(10)4-2/h3-5,11H,1-2H2/b8-5-. The van der Waals surface area contributed by atoms with Gasteiger partial charge in [0.25, 0.3) is 0 Å². The van der Waals surface area contributed by atoms with Crippen LogP contribution in [-0.2, 0) is 9.59 Å². The minimum atomic E-state index is -0.680. The van der Waals surface area contributed by atoms with Crippen LogP contribution in [0, 0.1) is 0 Å². The van der Waals surface area contributed by atoms with Crippen LogP contribution in [-0.4, -0.2) is 16.7 Å². The molecule has 3 heteroatoms. The molecular weight excluding hydrogens is 144 g/mol. The number of aliphatic hydroxyl groups is 1. The molecule has 0 heterocycles. The molecule has 11 heavy (non-hydrogen) atoms. The van der Waals surface area contributed by atoms with E-state index in [4.69, 9.17) is 5.11 Å². The van der Waals surface area contributed by atoms with Gasteiger partial charge in [0, 0.05) is 6.08 Å². The molecule has 0 radical (unpaired) electrons. The fourth-order valence-corrected chi connectivity index (χ4v) is 0.369. The summed E-state index contributed by atoms with van der Waals surface area (Å²) >= 11 is 0. The van der Waals surface area contributed by atoms with E-state index in [-0.39, 0.29) is 0 Å². The second-order valence-electron chi connectivity index (χ2n) is 1.70. The summed E-state index contributed by atoms with van der Waals surface area (Å²) in [7, 11) is 0. The quantitative estimate of drug-likeness (QED) is 0.481. The first-order chi connectivity index (χ1) is 5.11. The Balaban J connectivity index is 4.45. The lowest BCUT2D eigenvalue weighted by Gasteiger charge is -1.89. The summed E-state index contributed by atoms with van der Waals surface area (Å²) in [6.45, 7) is 6.28. The highest BCUT2D eigenvalue weighted by atomic mass is 16.3. The molecule has 0 atom stereocenters. The van der Waals surface area contributed by atoms with Crippen molar-refractivity contribution >= 4 is 11.6 Å². The predicted molar refractivity (Wildman–Crippen MR) is 41.1 cm³/mol. The number of hydrogen-bond acceptors (Lipinski definition) is 3. The van der Waals surface area contributed by atoms with Gasteiger partial charge in [-0.1, -0.05) is 13.2 Å². The second kappa shape index (κ2) is 4.22. The maximum Gasteiger partial charge on any atom is 0.219 e. The normalized spacial score (nSPS) is 10.4. The first-order valence-corrected chi connectivity index (χ1v) is 2.85. The van der Waals surface area contributed by atoms with E-state index >= 15 is 0 Å². The maximum absolute atomic E-state index is 10.5. The Morgan fingerprint density at radius 1 is 1.18 bits per heavy atom. The highest BCUT2D eigenvalue weighted by Gasteiger charge is 2.02. The smallest absolute Gasteiger partial charge is 0.219 e. The molecule has 0 aliphatic heterocycles. The van der Waals surface area contributed by atoms with Gasteiger partial charge in [0.05, 0.1) is 0 Å². The first-order valence-electron chi connectivity index (χ1n) is 2.85. The number of carbonyl (C=O) groups is 2. The van der Waals surface area contributed by atoms with Crippen LogP contribution in [0.5, 0.6) is 0 Å². The summed E-state index contributed by atoms with van der Waals surface area (Å²) in [5, 5.41) is 8.79. The van der Waals surface area contributed by atoms with Crippen molar-refractivity contribution in [3.8, 4) is 0 Å². The van der Waals surface area contributed by atoms with Gasteiger partial charge < -0.3 is 5.11 Å². The fraction of sp³-hybridized carbons (Fsp3) is 0. The van der Waals surface area contributed by atoms with Crippen molar-refractivity contribution in [3.63, 3.8) is 0 Å². The monoisotopic (exact) mass is 152 g/mol. The van der Waals surface area contributed by atoms with Crippen molar-refractivity contribution in [2.24, 2.45) is 0 Å². The second-order valence-corrected chi connectivity index (χ2v) is 1.70. The van der Waals surface area contributed by atoms with E-state index < -0.39 is 17.3 Å². The van der Waals surface area contributed by atoms with Crippen LogP contribution in [0.1, 0.15) is 0 Å². The van der Waals surface area contributed by atoms with Gasteiger partial charge in [-0.2, -0.15) is 0 Å². The van der Waals surface area contributed by atoms with E-state index in [0.29, 0.717) is 0 Å². The largest absolute Gasteiger partial charge is 0.504 e. The van der Waals surface area contributed by atoms with Gasteiger partial charge in [-0.05, 0) is 12.2 Å². The Morgan fingerprint density at radius 2 is 1.73 bits per heavy atom. The molecular formula is C8H8O3. The van der Waals surface area contributed by atoms with Crippen molar-refractivity contribution in [3.05, 3.63) is 37.1 Å². The third kappa shape index (κ3) is 3.15. The highest BCUT2D eigenvalue weighted by Crippen LogP contribution is 1.92. The molecule has 0 aliphatic rings. The summed E-state index contributed by atoms with van der Waals surface area (Å²) in [5.74, 6) is -1.82. The molecule has 0 spiro atoms. The van der Waals surface area contributed by atoms with Gasteiger partial charge in [-0.15, -0.1) is 0 Å². The summed E-state index contributed by atoms with van der Waals surface area (Å²) in [5.41, 5.74) is 0. The van der Waals surface area contributed by atoms with Crippen LogP contribution in [0.4, 0.5) is 0 Å². The van der Waals surface area contributed by atoms with Crippen molar-refractivity contribution in [1.82, 2.24) is 0 Å². The zero-order valence-corrected chi connectivity index (χ0v) is 5.91. The number of allylic oxidation sites excluding steroid dienone is 3. The van der Waals surface area contributed by atoms with E-state index in [1.807, 2.05) is 0 Å². The fourth-order valence-electron chi connectivity index (χ4n) is 0.369. The van der Waals surface area contributed by atoms with Crippen LogP contribution < -0.4 is 0 Å². The Morgan fingerprint density at radius 3 is 2.09 bits per heavy atom. The lowest BCUT2D eigenvalue weighted by molar-refractivity contribution is -0.115. The van der Waals surface area contributed by atoms with E-state index in [1.165, 1.54) is 0 Å².